The summed E-state index contributed by atoms with van der Waals surface area (Å²) in [5.41, 5.74) is 2.48. The Bertz CT molecular complexity index is 686. The van der Waals surface area contributed by atoms with Crippen LogP contribution in [0.1, 0.15) is 15.9 Å². The number of hydrogen-bond donors (Lipinski definition) is 2. The number of nitrogens with one attached hydrogen (secondary N) is 2. The summed E-state index contributed by atoms with van der Waals surface area (Å²) < 4.78 is 26.3. The van der Waals surface area contributed by atoms with Gasteiger partial charge in [-0.1, -0.05) is 6.07 Å². The molecule has 0 bridgehead atoms. The van der Waals surface area contributed by atoms with Crippen molar-refractivity contribution in [2.45, 2.75) is 6.42 Å². The fourth-order valence-corrected chi connectivity index (χ4v) is 2.22. The molecule has 20 heavy (non-hydrogen) atoms. The van der Waals surface area contributed by atoms with Gasteiger partial charge in [0.2, 0.25) is 0 Å². The van der Waals surface area contributed by atoms with Gasteiger partial charge in [0.15, 0.2) is 0 Å². The Labute approximate surface area is 114 Å². The smallest absolute Gasteiger partial charge is 0.255 e. The van der Waals surface area contributed by atoms with E-state index < -0.39 is 17.5 Å². The molecule has 1 aliphatic heterocycles. The molecule has 0 unspecified atom stereocenters. The van der Waals surface area contributed by atoms with Gasteiger partial charge in [-0.05, 0) is 36.2 Å². The average Bonchev–Trinajstić information content (AvgIpc) is 2.89. The number of anilines is 2. The summed E-state index contributed by atoms with van der Waals surface area (Å²) in [5, 5.41) is 5.61. The third-order valence-electron chi connectivity index (χ3n) is 3.26. The summed E-state index contributed by atoms with van der Waals surface area (Å²) in [6.45, 7) is 0.854. The molecular weight excluding hydrogens is 262 g/mol. The first-order valence-electron chi connectivity index (χ1n) is 6.27. The lowest BCUT2D eigenvalue weighted by molar-refractivity contribution is 0.102. The molecule has 1 heterocycles. The summed E-state index contributed by atoms with van der Waals surface area (Å²) in [4.78, 5) is 12.1. The lowest BCUT2D eigenvalue weighted by atomic mass is 10.1. The maximum Gasteiger partial charge on any atom is 0.255 e. The van der Waals surface area contributed by atoms with Crippen LogP contribution in [-0.4, -0.2) is 12.5 Å². The molecule has 0 aliphatic carbocycles. The van der Waals surface area contributed by atoms with Crippen LogP contribution in [0, 0.1) is 11.6 Å². The van der Waals surface area contributed by atoms with E-state index in [0.717, 1.165) is 36.3 Å². The Balaban J connectivity index is 1.82. The summed E-state index contributed by atoms with van der Waals surface area (Å²) >= 11 is 0. The zero-order chi connectivity index (χ0) is 14.1. The van der Waals surface area contributed by atoms with E-state index >= 15 is 0 Å². The van der Waals surface area contributed by atoms with E-state index in [1.807, 2.05) is 6.07 Å². The van der Waals surface area contributed by atoms with Crippen LogP contribution in [0.15, 0.2) is 36.4 Å². The van der Waals surface area contributed by atoms with E-state index in [-0.39, 0.29) is 5.69 Å². The van der Waals surface area contributed by atoms with Crippen molar-refractivity contribution in [3.05, 3.63) is 59.2 Å². The maximum atomic E-state index is 13.5. The van der Waals surface area contributed by atoms with Crippen LogP contribution in [0.5, 0.6) is 0 Å². The van der Waals surface area contributed by atoms with Gasteiger partial charge in [0.05, 0.1) is 5.69 Å². The van der Waals surface area contributed by atoms with Crippen molar-refractivity contribution in [2.75, 3.05) is 17.2 Å². The highest BCUT2D eigenvalue weighted by Crippen LogP contribution is 2.24. The first-order valence-corrected chi connectivity index (χ1v) is 6.27. The number of amides is 1. The molecule has 3 rings (SSSR count). The van der Waals surface area contributed by atoms with Gasteiger partial charge in [0, 0.05) is 23.9 Å². The molecule has 0 radical (unpaired) electrons. The summed E-state index contributed by atoms with van der Waals surface area (Å²) in [6.07, 6.45) is 0.934. The van der Waals surface area contributed by atoms with Gasteiger partial charge in [0.25, 0.3) is 5.91 Å². The van der Waals surface area contributed by atoms with Crippen molar-refractivity contribution >= 4 is 17.3 Å². The predicted octanol–water partition coefficient (Wildman–Crippen LogP) is 3.19. The van der Waals surface area contributed by atoms with Crippen LogP contribution >= 0.6 is 0 Å². The van der Waals surface area contributed by atoms with Gasteiger partial charge in [-0.2, -0.15) is 0 Å². The molecule has 0 atom stereocenters. The number of benzene rings is 2. The Hall–Kier alpha value is -2.43. The van der Waals surface area contributed by atoms with E-state index in [2.05, 4.69) is 10.6 Å². The summed E-state index contributed by atoms with van der Waals surface area (Å²) in [6, 6.07) is 8.35. The van der Waals surface area contributed by atoms with Gasteiger partial charge in [-0.15, -0.1) is 0 Å². The van der Waals surface area contributed by atoms with Crippen molar-refractivity contribution in [3.8, 4) is 0 Å². The molecule has 0 spiro atoms. The Morgan fingerprint density at radius 1 is 1.15 bits per heavy atom. The highest BCUT2D eigenvalue weighted by atomic mass is 19.1. The van der Waals surface area contributed by atoms with Crippen LogP contribution in [0.4, 0.5) is 20.2 Å². The Morgan fingerprint density at radius 2 is 2.00 bits per heavy atom. The second-order valence-corrected chi connectivity index (χ2v) is 4.63. The normalized spacial score (nSPS) is 12.7. The van der Waals surface area contributed by atoms with Crippen molar-refractivity contribution in [1.29, 1.82) is 0 Å². The number of hydrogen-bond acceptors (Lipinski definition) is 2. The quantitative estimate of drug-likeness (QED) is 0.883. The fraction of sp³-hybridized carbons (Fsp3) is 0.133. The molecule has 0 aromatic heterocycles. The monoisotopic (exact) mass is 274 g/mol. The second kappa shape index (κ2) is 4.92. The summed E-state index contributed by atoms with van der Waals surface area (Å²) in [5.74, 6) is -1.90. The number of carbonyl (C=O) groups is 1. The molecule has 1 aliphatic rings. The minimum atomic E-state index is -0.794. The van der Waals surface area contributed by atoms with E-state index in [4.69, 9.17) is 0 Å². The third kappa shape index (κ3) is 2.34. The zero-order valence-electron chi connectivity index (χ0n) is 10.5. The topological polar surface area (TPSA) is 41.1 Å². The van der Waals surface area contributed by atoms with Crippen molar-refractivity contribution in [2.24, 2.45) is 0 Å². The largest absolute Gasteiger partial charge is 0.384 e. The second-order valence-electron chi connectivity index (χ2n) is 4.63. The molecule has 0 fully saturated rings. The van der Waals surface area contributed by atoms with Crippen molar-refractivity contribution < 1.29 is 13.6 Å². The van der Waals surface area contributed by atoms with Gasteiger partial charge < -0.3 is 10.6 Å². The van der Waals surface area contributed by atoms with Gasteiger partial charge in [-0.25, -0.2) is 8.78 Å². The molecule has 2 aromatic rings. The van der Waals surface area contributed by atoms with Crippen molar-refractivity contribution in [3.63, 3.8) is 0 Å². The van der Waals surface area contributed by atoms with Gasteiger partial charge in [0.1, 0.15) is 11.6 Å². The number of rotatable bonds is 2. The first kappa shape index (κ1) is 12.6. The van der Waals surface area contributed by atoms with E-state index in [1.165, 1.54) is 6.07 Å². The minimum Gasteiger partial charge on any atom is -0.384 e. The van der Waals surface area contributed by atoms with E-state index in [0.29, 0.717) is 5.56 Å². The van der Waals surface area contributed by atoms with E-state index in [9.17, 15) is 13.6 Å². The van der Waals surface area contributed by atoms with Crippen LogP contribution in [0.3, 0.4) is 0 Å². The highest BCUT2D eigenvalue weighted by molar-refractivity contribution is 6.05. The molecule has 0 saturated heterocycles. The molecule has 3 nitrogen and oxygen atoms in total. The Morgan fingerprint density at radius 3 is 2.80 bits per heavy atom. The molecule has 2 N–H and O–H groups in total. The van der Waals surface area contributed by atoms with Gasteiger partial charge >= 0.3 is 0 Å². The lowest BCUT2D eigenvalue weighted by Crippen LogP contribution is -2.13. The molecule has 102 valence electrons. The zero-order valence-corrected chi connectivity index (χ0v) is 10.5. The van der Waals surface area contributed by atoms with Crippen LogP contribution in [0.25, 0.3) is 0 Å². The highest BCUT2D eigenvalue weighted by Gasteiger charge is 2.14. The molecule has 1 amide bonds. The SMILES string of the molecule is O=C(Nc1ccc(F)cc1F)c1ccc2c(c1)NCC2. The first-order chi connectivity index (χ1) is 9.63. The molecule has 0 saturated carbocycles. The van der Waals surface area contributed by atoms with Crippen LogP contribution in [0.2, 0.25) is 0 Å². The van der Waals surface area contributed by atoms with Crippen molar-refractivity contribution in [1.82, 2.24) is 0 Å². The predicted molar refractivity (Wildman–Crippen MR) is 72.9 cm³/mol. The molecular formula is C15H12F2N2O. The molecule has 2 aromatic carbocycles. The third-order valence-corrected chi connectivity index (χ3v) is 3.26. The Kier molecular flexibility index (Phi) is 3.10. The average molecular weight is 274 g/mol. The fourth-order valence-electron chi connectivity index (χ4n) is 2.22. The van der Waals surface area contributed by atoms with Crippen LogP contribution < -0.4 is 10.6 Å². The minimum absolute atomic E-state index is 0.0372. The van der Waals surface area contributed by atoms with E-state index in [1.54, 1.807) is 12.1 Å². The maximum absolute atomic E-state index is 13.5. The van der Waals surface area contributed by atoms with Gasteiger partial charge in [-0.3, -0.25) is 4.79 Å². The van der Waals surface area contributed by atoms with Crippen LogP contribution in [-0.2, 0) is 6.42 Å². The lowest BCUT2D eigenvalue weighted by Gasteiger charge is -2.08. The standard InChI is InChI=1S/C15H12F2N2O/c16-11-3-4-13(12(17)8-11)19-15(20)10-2-1-9-5-6-18-14(9)7-10/h1-4,7-8,18H,5-6H2,(H,19,20). The number of carbonyl (C=O) groups excluding carboxylic acids is 1. The number of fused-ring (bicyclic) bond motifs is 1. The summed E-state index contributed by atoms with van der Waals surface area (Å²) in [7, 11) is 0. The number of halogens is 2. The molecule has 5 heteroatoms.